The fourth-order valence-electron chi connectivity index (χ4n) is 1.92. The van der Waals surface area contributed by atoms with Gasteiger partial charge in [0, 0.05) is 5.57 Å². The van der Waals surface area contributed by atoms with Gasteiger partial charge in [0.25, 0.3) is 0 Å². The maximum absolute atomic E-state index is 11.8. The van der Waals surface area contributed by atoms with Gasteiger partial charge in [-0.25, -0.2) is 4.79 Å². The molecule has 0 spiro atoms. The van der Waals surface area contributed by atoms with Crippen LogP contribution in [0.2, 0.25) is 0 Å². The van der Waals surface area contributed by atoms with Crippen LogP contribution in [0.1, 0.15) is 54.4 Å². The number of esters is 1. The van der Waals surface area contributed by atoms with E-state index in [1.807, 2.05) is 20.8 Å². The standard InChI is InChI=1S/C14H24O2/c1-13(2,3)11-8-7-10(9-11)12(15)16-14(4,5)6/h9,11H,7-8H2,1-6H3/t11-/m0/s1. The number of hydrogen-bond acceptors (Lipinski definition) is 2. The smallest absolute Gasteiger partial charge is 0.334 e. The largest absolute Gasteiger partial charge is 0.457 e. The van der Waals surface area contributed by atoms with Gasteiger partial charge in [0.2, 0.25) is 0 Å². The zero-order valence-electron chi connectivity index (χ0n) is 11.4. The highest BCUT2D eigenvalue weighted by Gasteiger charge is 2.31. The number of carbonyl (C=O) groups excluding carboxylic acids is 1. The first-order valence-electron chi connectivity index (χ1n) is 6.03. The van der Waals surface area contributed by atoms with E-state index < -0.39 is 5.60 Å². The predicted molar refractivity (Wildman–Crippen MR) is 66.1 cm³/mol. The first-order valence-corrected chi connectivity index (χ1v) is 6.03. The fourth-order valence-corrected chi connectivity index (χ4v) is 1.92. The van der Waals surface area contributed by atoms with Gasteiger partial charge in [0.05, 0.1) is 0 Å². The van der Waals surface area contributed by atoms with E-state index in [4.69, 9.17) is 4.74 Å². The molecule has 0 unspecified atom stereocenters. The molecule has 0 aromatic rings. The molecule has 1 aliphatic rings. The number of hydrogen-bond donors (Lipinski definition) is 0. The van der Waals surface area contributed by atoms with Crippen molar-refractivity contribution in [2.45, 2.75) is 60.0 Å². The van der Waals surface area contributed by atoms with E-state index in [0.717, 1.165) is 18.4 Å². The van der Waals surface area contributed by atoms with Gasteiger partial charge in [-0.2, -0.15) is 0 Å². The molecule has 0 aromatic carbocycles. The summed E-state index contributed by atoms with van der Waals surface area (Å²) in [6, 6.07) is 0. The van der Waals surface area contributed by atoms with Crippen molar-refractivity contribution >= 4 is 5.97 Å². The Morgan fingerprint density at radius 3 is 2.19 bits per heavy atom. The van der Waals surface area contributed by atoms with Crippen LogP contribution in [0.25, 0.3) is 0 Å². The average molecular weight is 224 g/mol. The van der Waals surface area contributed by atoms with E-state index in [1.54, 1.807) is 0 Å². The van der Waals surface area contributed by atoms with E-state index in [2.05, 4.69) is 26.8 Å². The highest BCUT2D eigenvalue weighted by atomic mass is 16.6. The summed E-state index contributed by atoms with van der Waals surface area (Å²) in [7, 11) is 0. The van der Waals surface area contributed by atoms with Crippen LogP contribution < -0.4 is 0 Å². The molecule has 1 aliphatic carbocycles. The average Bonchev–Trinajstić information content (AvgIpc) is 2.46. The predicted octanol–water partition coefficient (Wildman–Crippen LogP) is 3.71. The molecule has 0 fully saturated rings. The SMILES string of the molecule is CC(C)(C)OC(=O)C1=C[C@@H](C(C)(C)C)CC1. The minimum atomic E-state index is -0.391. The molecule has 92 valence electrons. The Morgan fingerprint density at radius 2 is 1.81 bits per heavy atom. The van der Waals surface area contributed by atoms with Gasteiger partial charge in [-0.1, -0.05) is 26.8 Å². The third kappa shape index (κ3) is 3.66. The second-order valence-corrected chi connectivity index (χ2v) is 6.70. The molecular formula is C14H24O2. The lowest BCUT2D eigenvalue weighted by Crippen LogP contribution is -2.24. The lowest BCUT2D eigenvalue weighted by atomic mass is 9.81. The van der Waals surface area contributed by atoms with Crippen molar-refractivity contribution < 1.29 is 9.53 Å². The normalized spacial score (nSPS) is 21.9. The van der Waals surface area contributed by atoms with Crippen LogP contribution in [0, 0.1) is 11.3 Å². The third-order valence-electron chi connectivity index (χ3n) is 2.90. The molecule has 2 nitrogen and oxygen atoms in total. The summed E-state index contributed by atoms with van der Waals surface area (Å²) in [5.74, 6) is 0.356. The Hall–Kier alpha value is -0.790. The molecule has 0 aromatic heterocycles. The zero-order chi connectivity index (χ0) is 12.6. The molecule has 16 heavy (non-hydrogen) atoms. The first-order chi connectivity index (χ1) is 7.09. The molecule has 0 bridgehead atoms. The minimum absolute atomic E-state index is 0.140. The maximum atomic E-state index is 11.8. The van der Waals surface area contributed by atoms with Crippen molar-refractivity contribution in [3.8, 4) is 0 Å². The Kier molecular flexibility index (Phi) is 3.51. The van der Waals surface area contributed by atoms with Crippen LogP contribution in [0.3, 0.4) is 0 Å². The van der Waals surface area contributed by atoms with Crippen molar-refractivity contribution in [1.29, 1.82) is 0 Å². The second-order valence-electron chi connectivity index (χ2n) is 6.70. The number of rotatable bonds is 1. The van der Waals surface area contributed by atoms with Crippen molar-refractivity contribution in [1.82, 2.24) is 0 Å². The molecule has 2 heteroatoms. The van der Waals surface area contributed by atoms with Gasteiger partial charge in [0.1, 0.15) is 5.60 Å². The number of ether oxygens (including phenoxy) is 1. The van der Waals surface area contributed by atoms with Crippen molar-refractivity contribution in [2.75, 3.05) is 0 Å². The van der Waals surface area contributed by atoms with Crippen molar-refractivity contribution in [3.05, 3.63) is 11.6 Å². The quantitative estimate of drug-likeness (QED) is 0.635. The summed E-state index contributed by atoms with van der Waals surface area (Å²) in [6.45, 7) is 12.4. The molecule has 1 atom stereocenters. The first kappa shape index (κ1) is 13.3. The molecule has 0 saturated heterocycles. The van der Waals surface area contributed by atoms with Gasteiger partial charge in [-0.15, -0.1) is 0 Å². The maximum Gasteiger partial charge on any atom is 0.334 e. The van der Waals surface area contributed by atoms with Crippen LogP contribution in [-0.4, -0.2) is 11.6 Å². The van der Waals surface area contributed by atoms with Crippen LogP contribution in [0.15, 0.2) is 11.6 Å². The van der Waals surface area contributed by atoms with Crippen LogP contribution in [0.5, 0.6) is 0 Å². The summed E-state index contributed by atoms with van der Waals surface area (Å²) in [5.41, 5.74) is 0.705. The monoisotopic (exact) mass is 224 g/mol. The van der Waals surface area contributed by atoms with Gasteiger partial charge < -0.3 is 4.74 Å². The highest BCUT2D eigenvalue weighted by Crippen LogP contribution is 2.38. The molecular weight excluding hydrogens is 200 g/mol. The summed E-state index contributed by atoms with van der Waals surface area (Å²) in [5, 5.41) is 0. The van der Waals surface area contributed by atoms with E-state index in [0.29, 0.717) is 5.92 Å². The number of carbonyl (C=O) groups is 1. The van der Waals surface area contributed by atoms with E-state index in [1.165, 1.54) is 0 Å². The van der Waals surface area contributed by atoms with Gasteiger partial charge >= 0.3 is 5.97 Å². The minimum Gasteiger partial charge on any atom is -0.457 e. The highest BCUT2D eigenvalue weighted by molar-refractivity contribution is 5.89. The molecule has 0 radical (unpaired) electrons. The summed E-state index contributed by atoms with van der Waals surface area (Å²) in [4.78, 5) is 11.8. The zero-order valence-corrected chi connectivity index (χ0v) is 11.4. The Morgan fingerprint density at radius 1 is 1.25 bits per heavy atom. The third-order valence-corrected chi connectivity index (χ3v) is 2.90. The summed E-state index contributed by atoms with van der Waals surface area (Å²) < 4.78 is 5.38. The fraction of sp³-hybridized carbons (Fsp3) is 0.786. The number of allylic oxidation sites excluding steroid dienone is 1. The van der Waals surface area contributed by atoms with Crippen LogP contribution in [-0.2, 0) is 9.53 Å². The van der Waals surface area contributed by atoms with Gasteiger partial charge in [-0.05, 0) is 44.9 Å². The summed E-state index contributed by atoms with van der Waals surface area (Å²) in [6.07, 6.45) is 4.03. The topological polar surface area (TPSA) is 26.3 Å². The van der Waals surface area contributed by atoms with Crippen molar-refractivity contribution in [3.63, 3.8) is 0 Å². The Balaban J connectivity index is 2.67. The van der Waals surface area contributed by atoms with Crippen LogP contribution >= 0.6 is 0 Å². The van der Waals surface area contributed by atoms with Gasteiger partial charge in [-0.3, -0.25) is 0 Å². The van der Waals surface area contributed by atoms with Gasteiger partial charge in [0.15, 0.2) is 0 Å². The molecule has 0 saturated carbocycles. The van der Waals surface area contributed by atoms with E-state index in [9.17, 15) is 4.79 Å². The molecule has 0 amide bonds. The second kappa shape index (κ2) is 4.23. The lowest BCUT2D eigenvalue weighted by molar-refractivity contribution is -0.149. The Bertz CT molecular complexity index is 300. The molecule has 0 aliphatic heterocycles. The summed E-state index contributed by atoms with van der Waals surface area (Å²) >= 11 is 0. The van der Waals surface area contributed by atoms with Crippen LogP contribution in [0.4, 0.5) is 0 Å². The molecule has 1 rings (SSSR count). The lowest BCUT2D eigenvalue weighted by Gasteiger charge is -2.24. The van der Waals surface area contributed by atoms with E-state index >= 15 is 0 Å². The van der Waals surface area contributed by atoms with Crippen molar-refractivity contribution in [2.24, 2.45) is 11.3 Å². The molecule has 0 heterocycles. The Labute approximate surface area is 99.1 Å². The van der Waals surface area contributed by atoms with E-state index in [-0.39, 0.29) is 11.4 Å². The molecule has 0 N–H and O–H groups in total.